The van der Waals surface area contributed by atoms with Crippen LogP contribution in [0.1, 0.15) is 37.9 Å². The van der Waals surface area contributed by atoms with E-state index in [4.69, 9.17) is 14.6 Å². The minimum atomic E-state index is -2.78. The number of aromatic amines is 1. The standard InChI is InChI=1S/C30H29FN6O3S/c1-16-33-24-10-6-17(13-27(24)41-16)28-20-12-18(7-9-23(20)35-36-28)30(39)34-19-8-11-25(29(32)38)37(14-19)15-21-22(31)4-3-5-26(21)40-2/h3-7,9-10,12-13,19,25H,8,11,14-15H2,1-2H3,(H2,32,38)(H,34,39)(H,35,36)/t19-,25+/m1/s1/i2D3. The first-order valence-electron chi connectivity index (χ1n) is 14.6. The van der Waals surface area contributed by atoms with Gasteiger partial charge in [0, 0.05) is 41.2 Å². The van der Waals surface area contributed by atoms with Crippen molar-refractivity contribution in [2.75, 3.05) is 13.6 Å². The minimum Gasteiger partial charge on any atom is -0.496 e. The van der Waals surface area contributed by atoms with Gasteiger partial charge in [0.1, 0.15) is 11.6 Å². The molecule has 1 saturated heterocycles. The molecule has 41 heavy (non-hydrogen) atoms. The van der Waals surface area contributed by atoms with Crippen LogP contribution in [-0.4, -0.2) is 57.6 Å². The number of piperidine rings is 1. The summed E-state index contributed by atoms with van der Waals surface area (Å²) in [6, 6.07) is 14.1. The Morgan fingerprint density at radius 3 is 2.95 bits per heavy atom. The Hall–Kier alpha value is -4.35. The number of nitrogens with one attached hydrogen (secondary N) is 2. The molecule has 0 spiro atoms. The van der Waals surface area contributed by atoms with Gasteiger partial charge in [-0.25, -0.2) is 9.37 Å². The molecule has 2 aromatic heterocycles. The predicted octanol–water partition coefficient (Wildman–Crippen LogP) is 4.54. The van der Waals surface area contributed by atoms with Gasteiger partial charge in [0.25, 0.3) is 5.91 Å². The molecule has 1 aliphatic rings. The number of ether oxygens (including phenoxy) is 1. The largest absolute Gasteiger partial charge is 0.496 e. The van der Waals surface area contributed by atoms with E-state index in [2.05, 4.69) is 20.5 Å². The molecular formula is C30H29FN6O3S. The van der Waals surface area contributed by atoms with Crippen LogP contribution in [0.3, 0.4) is 0 Å². The van der Waals surface area contributed by atoms with Crippen LogP contribution in [0.2, 0.25) is 0 Å². The number of nitrogens with zero attached hydrogens (tertiary/aromatic N) is 3. The van der Waals surface area contributed by atoms with Crippen LogP contribution in [0.5, 0.6) is 5.75 Å². The van der Waals surface area contributed by atoms with E-state index in [-0.39, 0.29) is 36.4 Å². The Labute approximate surface area is 243 Å². The molecule has 9 nitrogen and oxygen atoms in total. The summed E-state index contributed by atoms with van der Waals surface area (Å²) in [6.07, 6.45) is 0.799. The normalized spacial score (nSPS) is 19.0. The fraction of sp³-hybridized carbons (Fsp3) is 0.267. The molecule has 0 aliphatic carbocycles. The lowest BCUT2D eigenvalue weighted by Crippen LogP contribution is -2.55. The van der Waals surface area contributed by atoms with Gasteiger partial charge in [0.2, 0.25) is 5.91 Å². The predicted molar refractivity (Wildman–Crippen MR) is 156 cm³/mol. The summed E-state index contributed by atoms with van der Waals surface area (Å²) in [5.74, 6) is -1.72. The third-order valence-electron chi connectivity index (χ3n) is 7.49. The maximum Gasteiger partial charge on any atom is 0.251 e. The average molecular weight is 576 g/mol. The van der Waals surface area contributed by atoms with E-state index in [9.17, 15) is 14.0 Å². The Morgan fingerprint density at radius 2 is 2.12 bits per heavy atom. The molecule has 11 heteroatoms. The van der Waals surface area contributed by atoms with Crippen molar-refractivity contribution < 1.29 is 22.8 Å². The zero-order chi connectivity index (χ0) is 31.2. The van der Waals surface area contributed by atoms with Crippen LogP contribution in [0.15, 0.2) is 54.6 Å². The number of likely N-dealkylation sites (tertiary alicyclic amines) is 1. The SMILES string of the molecule is [2H]C([2H])([2H])Oc1cccc(F)c1CN1C[C@H](NC(=O)c2ccc3[nH]nc(-c4ccc5nc(C)sc5c4)c3c2)CC[C@H]1C(N)=O. The van der Waals surface area contributed by atoms with Crippen molar-refractivity contribution in [2.45, 2.75) is 38.4 Å². The maximum atomic E-state index is 14.9. The quantitative estimate of drug-likeness (QED) is 0.262. The number of hydrogen-bond donors (Lipinski definition) is 3. The number of nitrogens with two attached hydrogens (primary N) is 1. The number of thiazole rings is 1. The summed E-state index contributed by atoms with van der Waals surface area (Å²) >= 11 is 1.60. The van der Waals surface area contributed by atoms with Crippen molar-refractivity contribution in [3.8, 4) is 17.0 Å². The zero-order valence-corrected chi connectivity index (χ0v) is 22.9. The minimum absolute atomic E-state index is 0.00790. The first-order valence-corrected chi connectivity index (χ1v) is 13.9. The smallest absolute Gasteiger partial charge is 0.251 e. The summed E-state index contributed by atoms with van der Waals surface area (Å²) < 4.78 is 43.3. The van der Waals surface area contributed by atoms with Crippen LogP contribution < -0.4 is 15.8 Å². The highest BCUT2D eigenvalue weighted by Crippen LogP contribution is 2.32. The molecule has 5 aromatic rings. The molecule has 4 N–H and O–H groups in total. The first kappa shape index (κ1) is 23.4. The molecule has 0 bridgehead atoms. The van der Waals surface area contributed by atoms with Gasteiger partial charge in [0.05, 0.1) is 43.6 Å². The van der Waals surface area contributed by atoms with E-state index in [1.807, 2.05) is 25.1 Å². The monoisotopic (exact) mass is 575 g/mol. The van der Waals surface area contributed by atoms with Gasteiger partial charge in [-0.15, -0.1) is 11.3 Å². The van der Waals surface area contributed by atoms with Crippen LogP contribution in [-0.2, 0) is 11.3 Å². The molecule has 210 valence electrons. The molecule has 3 heterocycles. The van der Waals surface area contributed by atoms with Crippen molar-refractivity contribution in [1.82, 2.24) is 25.4 Å². The summed E-state index contributed by atoms with van der Waals surface area (Å²) in [5.41, 5.74) is 9.42. The summed E-state index contributed by atoms with van der Waals surface area (Å²) in [6.45, 7) is 2.02. The number of benzene rings is 3. The summed E-state index contributed by atoms with van der Waals surface area (Å²) in [4.78, 5) is 31.9. The number of amides is 2. The molecule has 2 atom stereocenters. The average Bonchev–Trinajstić information content (AvgIpc) is 3.55. The molecule has 1 aliphatic heterocycles. The highest BCUT2D eigenvalue weighted by molar-refractivity contribution is 7.18. The Morgan fingerprint density at radius 1 is 1.24 bits per heavy atom. The number of rotatable bonds is 7. The lowest BCUT2D eigenvalue weighted by Gasteiger charge is -2.38. The number of aromatic nitrogens is 3. The highest BCUT2D eigenvalue weighted by Gasteiger charge is 2.33. The van der Waals surface area contributed by atoms with Crippen molar-refractivity contribution in [3.63, 3.8) is 0 Å². The number of carbonyl (C=O) groups excluding carboxylic acids is 2. The van der Waals surface area contributed by atoms with E-state index >= 15 is 0 Å². The third kappa shape index (κ3) is 5.25. The van der Waals surface area contributed by atoms with E-state index < -0.39 is 24.8 Å². The fourth-order valence-corrected chi connectivity index (χ4v) is 6.35. The number of methoxy groups -OCH3 is 1. The first-order chi connectivity index (χ1) is 20.9. The van der Waals surface area contributed by atoms with Crippen LogP contribution in [0.4, 0.5) is 4.39 Å². The van der Waals surface area contributed by atoms with Gasteiger partial charge in [-0.3, -0.25) is 19.6 Å². The number of halogens is 1. The van der Waals surface area contributed by atoms with E-state index in [1.165, 1.54) is 18.2 Å². The van der Waals surface area contributed by atoms with E-state index in [0.717, 1.165) is 37.4 Å². The fourth-order valence-electron chi connectivity index (χ4n) is 5.48. The molecule has 6 rings (SSSR count). The number of H-pyrrole nitrogens is 1. The van der Waals surface area contributed by atoms with Crippen molar-refractivity contribution in [3.05, 3.63) is 76.5 Å². The summed E-state index contributed by atoms with van der Waals surface area (Å²) in [5, 5.41) is 12.3. The number of carbonyl (C=O) groups is 2. The number of hydrogen-bond acceptors (Lipinski definition) is 7. The number of primary amides is 1. The Bertz CT molecular complexity index is 1890. The molecule has 3 aromatic carbocycles. The number of aryl methyl sites for hydroxylation is 1. The van der Waals surface area contributed by atoms with Crippen LogP contribution >= 0.6 is 11.3 Å². The Balaban J connectivity index is 1.22. The topological polar surface area (TPSA) is 126 Å². The Kier molecular flexibility index (Phi) is 6.21. The van der Waals surface area contributed by atoms with Gasteiger partial charge < -0.3 is 15.8 Å². The second-order valence-electron chi connectivity index (χ2n) is 10.2. The van der Waals surface area contributed by atoms with Crippen LogP contribution in [0, 0.1) is 12.7 Å². The third-order valence-corrected chi connectivity index (χ3v) is 8.42. The zero-order valence-electron chi connectivity index (χ0n) is 25.1. The van der Waals surface area contributed by atoms with Crippen LogP contribution in [0.25, 0.3) is 32.4 Å². The van der Waals surface area contributed by atoms with Crippen molar-refractivity contribution >= 4 is 44.3 Å². The molecule has 1 fully saturated rings. The maximum absolute atomic E-state index is 14.9. The van der Waals surface area contributed by atoms with Gasteiger partial charge in [-0.2, -0.15) is 5.10 Å². The molecule has 2 amide bonds. The van der Waals surface area contributed by atoms with Gasteiger partial charge >= 0.3 is 0 Å². The van der Waals surface area contributed by atoms with Crippen molar-refractivity contribution in [2.24, 2.45) is 5.73 Å². The van der Waals surface area contributed by atoms with Gasteiger partial charge in [0.15, 0.2) is 0 Å². The molecular weight excluding hydrogens is 543 g/mol. The van der Waals surface area contributed by atoms with Gasteiger partial charge in [-0.05, 0) is 62.2 Å². The van der Waals surface area contributed by atoms with E-state index in [0.29, 0.717) is 18.4 Å². The number of fused-ring (bicyclic) bond motifs is 2. The highest BCUT2D eigenvalue weighted by atomic mass is 32.1. The second kappa shape index (κ2) is 10.9. The second-order valence-corrected chi connectivity index (χ2v) is 11.4. The van der Waals surface area contributed by atoms with E-state index in [1.54, 1.807) is 34.4 Å². The lowest BCUT2D eigenvalue weighted by molar-refractivity contribution is -0.124. The molecule has 0 radical (unpaired) electrons. The van der Waals surface area contributed by atoms with Crippen molar-refractivity contribution in [1.29, 1.82) is 0 Å². The van der Waals surface area contributed by atoms with Gasteiger partial charge in [-0.1, -0.05) is 12.1 Å². The molecule has 0 unspecified atom stereocenters. The summed E-state index contributed by atoms with van der Waals surface area (Å²) in [7, 11) is -2.78. The molecule has 0 saturated carbocycles. The lowest BCUT2D eigenvalue weighted by atomic mass is 9.96.